The lowest BCUT2D eigenvalue weighted by atomic mass is 10.0. The number of hydrogen-bond acceptors (Lipinski definition) is 5. The van der Waals surface area contributed by atoms with Crippen molar-refractivity contribution in [2.75, 3.05) is 0 Å². The van der Waals surface area contributed by atoms with Crippen LogP contribution in [0.4, 0.5) is 13.2 Å². The Labute approximate surface area is 132 Å². The minimum absolute atomic E-state index is 0.124. The van der Waals surface area contributed by atoms with E-state index in [4.69, 9.17) is 11.6 Å². The SMILES string of the molecule is FC(F)(F)c1cnc(-n2ncc3c2C=C2NNN=C2C3)c(Cl)c1. The van der Waals surface area contributed by atoms with Crippen LogP contribution in [0.3, 0.4) is 0 Å². The highest BCUT2D eigenvalue weighted by atomic mass is 35.5. The number of alkyl halides is 3. The van der Waals surface area contributed by atoms with Gasteiger partial charge in [0.1, 0.15) is 0 Å². The number of aromatic nitrogens is 3. The van der Waals surface area contributed by atoms with Gasteiger partial charge in [-0.15, -0.1) is 0 Å². The maximum Gasteiger partial charge on any atom is 0.417 e. The van der Waals surface area contributed by atoms with Gasteiger partial charge >= 0.3 is 6.18 Å². The summed E-state index contributed by atoms with van der Waals surface area (Å²) in [6.07, 6.45) is 0.220. The van der Waals surface area contributed by atoms with E-state index in [2.05, 4.69) is 26.1 Å². The van der Waals surface area contributed by atoms with Crippen molar-refractivity contribution in [1.29, 1.82) is 0 Å². The number of halogens is 4. The number of hydrazine groups is 1. The first-order chi connectivity index (χ1) is 10.9. The lowest BCUT2D eigenvalue weighted by Crippen LogP contribution is -2.22. The Morgan fingerprint density at radius 2 is 2.09 bits per heavy atom. The zero-order valence-electron chi connectivity index (χ0n) is 11.3. The van der Waals surface area contributed by atoms with Crippen LogP contribution in [0.1, 0.15) is 16.8 Å². The predicted molar refractivity (Wildman–Crippen MR) is 76.8 cm³/mol. The minimum atomic E-state index is -4.49. The summed E-state index contributed by atoms with van der Waals surface area (Å²) in [7, 11) is 0. The number of hydrogen-bond donors (Lipinski definition) is 2. The molecule has 0 bridgehead atoms. The van der Waals surface area contributed by atoms with Crippen molar-refractivity contribution >= 4 is 23.4 Å². The molecule has 0 amide bonds. The summed E-state index contributed by atoms with van der Waals surface area (Å²) in [6.45, 7) is 0. The predicted octanol–water partition coefficient (Wildman–Crippen LogP) is 2.30. The minimum Gasteiger partial charge on any atom is -0.283 e. The van der Waals surface area contributed by atoms with Gasteiger partial charge in [-0.05, 0) is 12.1 Å². The van der Waals surface area contributed by atoms with E-state index in [-0.39, 0.29) is 10.8 Å². The number of rotatable bonds is 1. The topological polar surface area (TPSA) is 67.1 Å². The van der Waals surface area contributed by atoms with Crippen LogP contribution in [-0.4, -0.2) is 20.5 Å². The molecule has 0 saturated carbocycles. The van der Waals surface area contributed by atoms with E-state index < -0.39 is 11.7 Å². The molecule has 2 aromatic heterocycles. The summed E-state index contributed by atoms with van der Waals surface area (Å²) in [5.74, 6) is 0.143. The fourth-order valence-electron chi connectivity index (χ4n) is 2.45. The Kier molecular flexibility index (Phi) is 2.89. The Morgan fingerprint density at radius 3 is 2.83 bits per heavy atom. The van der Waals surface area contributed by atoms with Gasteiger partial charge in [0.05, 0.1) is 33.9 Å². The molecule has 10 heteroatoms. The monoisotopic (exact) mass is 340 g/mol. The van der Waals surface area contributed by atoms with Crippen LogP contribution in [-0.2, 0) is 12.6 Å². The van der Waals surface area contributed by atoms with E-state index in [1.54, 1.807) is 12.3 Å². The van der Waals surface area contributed by atoms with E-state index in [1.807, 2.05) is 0 Å². The van der Waals surface area contributed by atoms with Gasteiger partial charge in [-0.2, -0.15) is 23.4 Å². The summed E-state index contributed by atoms with van der Waals surface area (Å²) in [5, 5.41) is 8.14. The Balaban J connectivity index is 1.80. The molecule has 0 aromatic carbocycles. The highest BCUT2D eigenvalue weighted by Gasteiger charge is 2.32. The number of allylic oxidation sites excluding steroid dienone is 1. The molecule has 3 heterocycles. The summed E-state index contributed by atoms with van der Waals surface area (Å²) >= 11 is 5.98. The van der Waals surface area contributed by atoms with Gasteiger partial charge in [0.25, 0.3) is 0 Å². The van der Waals surface area contributed by atoms with E-state index in [0.717, 1.165) is 29.2 Å². The second kappa shape index (κ2) is 4.72. The molecule has 4 rings (SSSR count). The fraction of sp³-hybridized carbons (Fsp3) is 0.154. The Morgan fingerprint density at radius 1 is 1.26 bits per heavy atom. The average molecular weight is 341 g/mol. The van der Waals surface area contributed by atoms with Crippen molar-refractivity contribution < 1.29 is 13.2 Å². The molecule has 2 aromatic rings. The van der Waals surface area contributed by atoms with Gasteiger partial charge in [-0.1, -0.05) is 11.6 Å². The third kappa shape index (κ3) is 2.24. The van der Waals surface area contributed by atoms with E-state index >= 15 is 0 Å². The third-order valence-electron chi connectivity index (χ3n) is 3.57. The largest absolute Gasteiger partial charge is 0.417 e. The molecule has 0 spiro atoms. The van der Waals surface area contributed by atoms with E-state index in [0.29, 0.717) is 12.1 Å². The first-order valence-corrected chi connectivity index (χ1v) is 6.91. The van der Waals surface area contributed by atoms with Crippen LogP contribution in [0, 0.1) is 0 Å². The molecular weight excluding hydrogens is 333 g/mol. The van der Waals surface area contributed by atoms with Gasteiger partial charge in [0, 0.05) is 18.2 Å². The summed E-state index contributed by atoms with van der Waals surface area (Å²) in [5.41, 5.74) is 7.83. The summed E-state index contributed by atoms with van der Waals surface area (Å²) < 4.78 is 39.5. The quantitative estimate of drug-likeness (QED) is 0.836. The van der Waals surface area contributed by atoms with Crippen molar-refractivity contribution in [2.24, 2.45) is 5.10 Å². The van der Waals surface area contributed by atoms with Crippen molar-refractivity contribution in [3.05, 3.63) is 46.0 Å². The molecule has 0 saturated heterocycles. The summed E-state index contributed by atoms with van der Waals surface area (Å²) in [6, 6.07) is 0.843. The number of pyridine rings is 1. The lowest BCUT2D eigenvalue weighted by Gasteiger charge is -2.13. The van der Waals surface area contributed by atoms with Crippen LogP contribution in [0.5, 0.6) is 0 Å². The molecule has 23 heavy (non-hydrogen) atoms. The van der Waals surface area contributed by atoms with Gasteiger partial charge in [-0.25, -0.2) is 15.2 Å². The first-order valence-electron chi connectivity index (χ1n) is 6.53. The smallest absolute Gasteiger partial charge is 0.283 e. The molecule has 2 N–H and O–H groups in total. The van der Waals surface area contributed by atoms with Crippen LogP contribution in [0.15, 0.2) is 29.3 Å². The molecule has 0 unspecified atom stereocenters. The zero-order chi connectivity index (χ0) is 16.2. The molecule has 1 aliphatic heterocycles. The second-order valence-electron chi connectivity index (χ2n) is 5.02. The van der Waals surface area contributed by atoms with Crippen molar-refractivity contribution in [3.8, 4) is 5.82 Å². The van der Waals surface area contributed by atoms with Gasteiger partial charge in [0.15, 0.2) is 5.82 Å². The molecular formula is C13H8ClF3N6. The van der Waals surface area contributed by atoms with Crippen LogP contribution in [0.25, 0.3) is 11.9 Å². The van der Waals surface area contributed by atoms with Crippen molar-refractivity contribution in [1.82, 2.24) is 25.7 Å². The van der Waals surface area contributed by atoms with Crippen LogP contribution >= 0.6 is 11.6 Å². The van der Waals surface area contributed by atoms with Gasteiger partial charge in [-0.3, -0.25) is 5.43 Å². The number of hydrazone groups is 1. The van der Waals surface area contributed by atoms with E-state index in [1.165, 1.54) is 4.68 Å². The molecule has 1 aliphatic carbocycles. The molecule has 0 atom stereocenters. The summed E-state index contributed by atoms with van der Waals surface area (Å²) in [4.78, 5) is 3.83. The van der Waals surface area contributed by atoms with Crippen LogP contribution in [0.2, 0.25) is 5.02 Å². The fourth-order valence-corrected chi connectivity index (χ4v) is 2.70. The maximum absolute atomic E-state index is 12.7. The number of nitrogens with zero attached hydrogens (tertiary/aromatic N) is 4. The Hall–Kier alpha value is -2.55. The molecule has 6 nitrogen and oxygen atoms in total. The van der Waals surface area contributed by atoms with Crippen LogP contribution < -0.4 is 11.0 Å². The van der Waals surface area contributed by atoms with Gasteiger partial charge < -0.3 is 0 Å². The molecule has 0 radical (unpaired) electrons. The molecule has 118 valence electrons. The highest BCUT2D eigenvalue weighted by Crippen LogP contribution is 2.33. The average Bonchev–Trinajstić information content (AvgIpc) is 3.09. The Bertz CT molecular complexity index is 867. The highest BCUT2D eigenvalue weighted by molar-refractivity contribution is 6.32. The second-order valence-corrected chi connectivity index (χ2v) is 5.43. The number of nitrogens with one attached hydrogen (secondary N) is 2. The third-order valence-corrected chi connectivity index (χ3v) is 3.85. The normalized spacial score (nSPS) is 16.0. The standard InChI is InChI=1S/C13H8ClF3N6/c14-8-2-7(13(15,16)17)5-18-12(8)23-11-3-10-9(20-22-21-10)1-6(11)4-19-23/h2-5,21-22H,1H2. The number of fused-ring (bicyclic) bond motifs is 2. The van der Waals surface area contributed by atoms with E-state index in [9.17, 15) is 13.2 Å². The molecule has 2 aliphatic rings. The zero-order valence-corrected chi connectivity index (χ0v) is 12.1. The van der Waals surface area contributed by atoms with Crippen molar-refractivity contribution in [3.63, 3.8) is 0 Å². The maximum atomic E-state index is 12.7. The first kappa shape index (κ1) is 14.1. The molecule has 0 fully saturated rings. The van der Waals surface area contributed by atoms with Crippen molar-refractivity contribution in [2.45, 2.75) is 12.6 Å². The van der Waals surface area contributed by atoms with Gasteiger partial charge in [0.2, 0.25) is 0 Å². The lowest BCUT2D eigenvalue weighted by molar-refractivity contribution is -0.137.